The number of aromatic hydroxyl groups is 1. The van der Waals surface area contributed by atoms with Crippen molar-refractivity contribution in [1.82, 2.24) is 10.2 Å². The predicted molar refractivity (Wildman–Crippen MR) is 64.5 cm³/mol. The van der Waals surface area contributed by atoms with Gasteiger partial charge in [0.25, 0.3) is 0 Å². The number of phenolic OH excluding ortho intramolecular Hbond substituents is 1. The minimum absolute atomic E-state index is 0.285. The van der Waals surface area contributed by atoms with E-state index in [1.54, 1.807) is 6.07 Å². The zero-order valence-corrected chi connectivity index (χ0v) is 9.79. The van der Waals surface area contributed by atoms with Crippen LogP contribution in [0.25, 0.3) is 10.6 Å². The molecule has 1 aromatic carbocycles. The molecule has 0 spiro atoms. The molecule has 0 bridgehead atoms. The van der Waals surface area contributed by atoms with Crippen molar-refractivity contribution >= 4 is 11.3 Å². The van der Waals surface area contributed by atoms with E-state index >= 15 is 0 Å². The molecule has 0 amide bonds. The lowest BCUT2D eigenvalue weighted by Gasteiger charge is -1.99. The molecule has 16 heavy (non-hydrogen) atoms. The highest BCUT2D eigenvalue weighted by atomic mass is 32.1. The van der Waals surface area contributed by atoms with Gasteiger partial charge in [-0.25, -0.2) is 0 Å². The van der Waals surface area contributed by atoms with Crippen LogP contribution in [0.1, 0.15) is 10.6 Å². The van der Waals surface area contributed by atoms with Crippen LogP contribution in [0.5, 0.6) is 5.75 Å². The van der Waals surface area contributed by atoms with E-state index in [4.69, 9.17) is 5.73 Å². The van der Waals surface area contributed by atoms with Crippen LogP contribution >= 0.6 is 11.3 Å². The standard InChI is InChI=1S/C11H13N3OS/c1-7-2-3-8(6-9(7)15)11-14-13-10(16-11)4-5-12/h2-3,6,15H,4-5,12H2,1H3. The van der Waals surface area contributed by atoms with Crippen molar-refractivity contribution in [3.8, 4) is 16.3 Å². The van der Waals surface area contributed by atoms with Crippen molar-refractivity contribution in [1.29, 1.82) is 0 Å². The van der Waals surface area contributed by atoms with Gasteiger partial charge in [-0.1, -0.05) is 23.5 Å². The first-order valence-electron chi connectivity index (χ1n) is 5.03. The number of hydrogen-bond acceptors (Lipinski definition) is 5. The normalized spacial score (nSPS) is 10.6. The molecular formula is C11H13N3OS. The summed E-state index contributed by atoms with van der Waals surface area (Å²) in [6.07, 6.45) is 0.746. The lowest BCUT2D eigenvalue weighted by molar-refractivity contribution is 0.471. The van der Waals surface area contributed by atoms with Crippen LogP contribution < -0.4 is 5.73 Å². The van der Waals surface area contributed by atoms with E-state index in [-0.39, 0.29) is 5.75 Å². The summed E-state index contributed by atoms with van der Waals surface area (Å²) in [6.45, 7) is 2.44. The van der Waals surface area contributed by atoms with Crippen molar-refractivity contribution in [2.24, 2.45) is 5.73 Å². The molecule has 0 saturated carbocycles. The van der Waals surface area contributed by atoms with Crippen molar-refractivity contribution < 1.29 is 5.11 Å². The molecule has 3 N–H and O–H groups in total. The van der Waals surface area contributed by atoms with Crippen LogP contribution in [-0.2, 0) is 6.42 Å². The number of aromatic nitrogens is 2. The van der Waals surface area contributed by atoms with Crippen molar-refractivity contribution in [3.63, 3.8) is 0 Å². The highest BCUT2D eigenvalue weighted by Crippen LogP contribution is 2.28. The Labute approximate surface area is 97.8 Å². The lowest BCUT2D eigenvalue weighted by atomic mass is 10.1. The van der Waals surface area contributed by atoms with Crippen molar-refractivity contribution in [2.45, 2.75) is 13.3 Å². The van der Waals surface area contributed by atoms with Crippen molar-refractivity contribution in [3.05, 3.63) is 28.8 Å². The Kier molecular flexibility index (Phi) is 3.17. The Hall–Kier alpha value is -1.46. The topological polar surface area (TPSA) is 72.0 Å². The number of phenols is 1. The number of rotatable bonds is 3. The summed E-state index contributed by atoms with van der Waals surface area (Å²) < 4.78 is 0. The van der Waals surface area contributed by atoms with Crippen LogP contribution in [0.15, 0.2) is 18.2 Å². The quantitative estimate of drug-likeness (QED) is 0.849. The smallest absolute Gasteiger partial charge is 0.147 e. The minimum atomic E-state index is 0.285. The highest BCUT2D eigenvalue weighted by Gasteiger charge is 2.07. The summed E-state index contributed by atoms with van der Waals surface area (Å²) >= 11 is 1.51. The van der Waals surface area contributed by atoms with Crippen LogP contribution in [0, 0.1) is 6.92 Å². The molecule has 2 rings (SSSR count). The summed E-state index contributed by atoms with van der Waals surface area (Å²) in [6, 6.07) is 5.51. The predicted octanol–water partition coefficient (Wildman–Crippen LogP) is 1.72. The van der Waals surface area contributed by atoms with Gasteiger partial charge >= 0.3 is 0 Å². The lowest BCUT2D eigenvalue weighted by Crippen LogP contribution is -2.01. The van der Waals surface area contributed by atoms with Gasteiger partial charge in [-0.05, 0) is 25.1 Å². The summed E-state index contributed by atoms with van der Waals surface area (Å²) in [7, 11) is 0. The van der Waals surface area contributed by atoms with Gasteiger partial charge in [0.15, 0.2) is 0 Å². The molecule has 0 fully saturated rings. The van der Waals surface area contributed by atoms with Crippen LogP contribution in [0.3, 0.4) is 0 Å². The average Bonchev–Trinajstić information content (AvgIpc) is 2.71. The minimum Gasteiger partial charge on any atom is -0.508 e. The first kappa shape index (κ1) is 11.0. The van der Waals surface area contributed by atoms with E-state index in [1.165, 1.54) is 11.3 Å². The molecular weight excluding hydrogens is 222 g/mol. The summed E-state index contributed by atoms with van der Waals surface area (Å²) in [5, 5.41) is 19.5. The van der Waals surface area contributed by atoms with Gasteiger partial charge in [0.05, 0.1) is 0 Å². The number of nitrogens with two attached hydrogens (primary N) is 1. The summed E-state index contributed by atoms with van der Waals surface area (Å²) in [5.41, 5.74) is 7.20. The molecule has 0 saturated heterocycles. The maximum Gasteiger partial charge on any atom is 0.147 e. The molecule has 84 valence electrons. The van der Waals surface area contributed by atoms with Crippen molar-refractivity contribution in [2.75, 3.05) is 6.54 Å². The number of aryl methyl sites for hydroxylation is 1. The SMILES string of the molecule is Cc1ccc(-c2nnc(CCN)s2)cc1O. The van der Waals surface area contributed by atoms with E-state index in [0.717, 1.165) is 27.6 Å². The van der Waals surface area contributed by atoms with E-state index in [0.29, 0.717) is 6.54 Å². The molecule has 0 radical (unpaired) electrons. The molecule has 0 unspecified atom stereocenters. The number of nitrogens with zero attached hydrogens (tertiary/aromatic N) is 2. The Balaban J connectivity index is 2.31. The van der Waals surface area contributed by atoms with Crippen LogP contribution in [0.2, 0.25) is 0 Å². The number of hydrogen-bond donors (Lipinski definition) is 2. The Morgan fingerprint density at radius 3 is 2.88 bits per heavy atom. The van der Waals surface area contributed by atoms with Gasteiger partial charge < -0.3 is 10.8 Å². The molecule has 0 aliphatic heterocycles. The van der Waals surface area contributed by atoms with Gasteiger partial charge in [-0.15, -0.1) is 10.2 Å². The summed E-state index contributed by atoms with van der Waals surface area (Å²) in [4.78, 5) is 0. The second-order valence-electron chi connectivity index (χ2n) is 3.54. The largest absolute Gasteiger partial charge is 0.508 e. The second-order valence-corrected chi connectivity index (χ2v) is 4.60. The zero-order chi connectivity index (χ0) is 11.5. The van der Waals surface area contributed by atoms with Gasteiger partial charge in [0, 0.05) is 12.0 Å². The van der Waals surface area contributed by atoms with Gasteiger partial charge in [0.2, 0.25) is 0 Å². The molecule has 4 nitrogen and oxygen atoms in total. The maximum atomic E-state index is 9.61. The monoisotopic (exact) mass is 235 g/mol. The van der Waals surface area contributed by atoms with Crippen LogP contribution in [-0.4, -0.2) is 21.8 Å². The fraction of sp³-hybridized carbons (Fsp3) is 0.273. The molecule has 0 atom stereocenters. The summed E-state index contributed by atoms with van der Waals surface area (Å²) in [5.74, 6) is 0.285. The van der Waals surface area contributed by atoms with E-state index in [9.17, 15) is 5.11 Å². The second kappa shape index (κ2) is 4.59. The van der Waals surface area contributed by atoms with Gasteiger partial charge in [-0.3, -0.25) is 0 Å². The molecule has 5 heteroatoms. The third-order valence-corrected chi connectivity index (χ3v) is 3.31. The van der Waals surface area contributed by atoms with Crippen LogP contribution in [0.4, 0.5) is 0 Å². The third-order valence-electron chi connectivity index (χ3n) is 2.28. The third kappa shape index (κ3) is 2.20. The number of benzene rings is 1. The first-order chi connectivity index (χ1) is 7.70. The molecule has 0 aliphatic rings. The molecule has 1 aromatic heterocycles. The Bertz CT molecular complexity index is 496. The van der Waals surface area contributed by atoms with E-state index in [1.807, 2.05) is 19.1 Å². The Morgan fingerprint density at radius 1 is 1.38 bits per heavy atom. The Morgan fingerprint density at radius 2 is 2.19 bits per heavy atom. The molecule has 2 aromatic rings. The highest BCUT2D eigenvalue weighted by molar-refractivity contribution is 7.14. The van der Waals surface area contributed by atoms with Gasteiger partial charge in [0.1, 0.15) is 15.8 Å². The van der Waals surface area contributed by atoms with E-state index < -0.39 is 0 Å². The molecule has 1 heterocycles. The first-order valence-corrected chi connectivity index (χ1v) is 5.85. The molecule has 0 aliphatic carbocycles. The maximum absolute atomic E-state index is 9.61. The zero-order valence-electron chi connectivity index (χ0n) is 8.97. The fourth-order valence-electron chi connectivity index (χ4n) is 1.34. The van der Waals surface area contributed by atoms with E-state index in [2.05, 4.69) is 10.2 Å². The average molecular weight is 235 g/mol. The van der Waals surface area contributed by atoms with Gasteiger partial charge in [-0.2, -0.15) is 0 Å². The fourth-order valence-corrected chi connectivity index (χ4v) is 2.19.